The van der Waals surface area contributed by atoms with E-state index in [4.69, 9.17) is 0 Å². The molecule has 1 aromatic rings. The first-order valence-electron chi connectivity index (χ1n) is 7.68. The molecule has 1 aromatic carbocycles. The van der Waals surface area contributed by atoms with Crippen LogP contribution in [0.3, 0.4) is 0 Å². The van der Waals surface area contributed by atoms with E-state index >= 15 is 0 Å². The summed E-state index contributed by atoms with van der Waals surface area (Å²) in [5, 5.41) is 3.58. The van der Waals surface area contributed by atoms with Crippen LogP contribution in [-0.2, 0) is 0 Å². The molecule has 1 aliphatic heterocycles. The van der Waals surface area contributed by atoms with E-state index in [1.54, 1.807) is 6.07 Å². The molecule has 2 unspecified atom stereocenters. The van der Waals surface area contributed by atoms with Crippen LogP contribution in [0.1, 0.15) is 34.1 Å². The predicted octanol–water partition coefficient (Wildman–Crippen LogP) is 3.82. The first-order chi connectivity index (χ1) is 9.74. The first-order valence-corrected chi connectivity index (χ1v) is 7.68. The van der Waals surface area contributed by atoms with Gasteiger partial charge in [0.25, 0.3) is 0 Å². The van der Waals surface area contributed by atoms with Crippen molar-refractivity contribution in [2.75, 3.05) is 24.5 Å². The van der Waals surface area contributed by atoms with Crippen LogP contribution < -0.4 is 10.2 Å². The Morgan fingerprint density at radius 1 is 1.24 bits per heavy atom. The maximum absolute atomic E-state index is 14.0. The van der Waals surface area contributed by atoms with Crippen LogP contribution in [0.2, 0.25) is 0 Å². The number of piperidine rings is 1. The molecule has 0 amide bonds. The minimum absolute atomic E-state index is 0.229. The topological polar surface area (TPSA) is 15.3 Å². The summed E-state index contributed by atoms with van der Waals surface area (Å²) in [7, 11) is 0. The van der Waals surface area contributed by atoms with Gasteiger partial charge in [0, 0.05) is 31.7 Å². The van der Waals surface area contributed by atoms with E-state index in [1.165, 1.54) is 6.07 Å². The molecule has 1 N–H and O–H groups in total. The number of halogens is 2. The number of nitrogens with zero attached hydrogens (tertiary/aromatic N) is 1. The molecule has 0 radical (unpaired) electrons. The second-order valence-electron chi connectivity index (χ2n) is 7.48. The van der Waals surface area contributed by atoms with Gasteiger partial charge in [0.2, 0.25) is 0 Å². The monoisotopic (exact) mass is 296 g/mol. The molecular formula is C17H26F2N2. The second-order valence-corrected chi connectivity index (χ2v) is 7.48. The molecule has 0 bridgehead atoms. The van der Waals surface area contributed by atoms with Gasteiger partial charge in [-0.15, -0.1) is 0 Å². The number of anilines is 1. The average Bonchev–Trinajstić information content (AvgIpc) is 2.35. The molecule has 1 saturated heterocycles. The fourth-order valence-corrected chi connectivity index (χ4v) is 2.88. The highest BCUT2D eigenvalue weighted by molar-refractivity contribution is 5.48. The lowest BCUT2D eigenvalue weighted by Crippen LogP contribution is -2.50. The van der Waals surface area contributed by atoms with Gasteiger partial charge in [-0.3, -0.25) is 0 Å². The number of hydrogen-bond acceptors (Lipinski definition) is 2. The van der Waals surface area contributed by atoms with Gasteiger partial charge >= 0.3 is 0 Å². The van der Waals surface area contributed by atoms with Crippen molar-refractivity contribution in [3.63, 3.8) is 0 Å². The van der Waals surface area contributed by atoms with Gasteiger partial charge in [0.05, 0.1) is 5.69 Å². The van der Waals surface area contributed by atoms with Crippen LogP contribution >= 0.6 is 0 Å². The Morgan fingerprint density at radius 3 is 2.57 bits per heavy atom. The van der Waals surface area contributed by atoms with E-state index in [0.29, 0.717) is 17.6 Å². The zero-order valence-electron chi connectivity index (χ0n) is 13.4. The van der Waals surface area contributed by atoms with Crippen LogP contribution in [0.4, 0.5) is 14.5 Å². The van der Waals surface area contributed by atoms with Gasteiger partial charge in [-0.1, -0.05) is 27.7 Å². The van der Waals surface area contributed by atoms with Crippen molar-refractivity contribution in [2.45, 2.75) is 40.2 Å². The fraction of sp³-hybridized carbons (Fsp3) is 0.647. The lowest BCUT2D eigenvalue weighted by atomic mass is 9.92. The summed E-state index contributed by atoms with van der Waals surface area (Å²) in [6.45, 7) is 11.3. The molecule has 1 aliphatic rings. The largest absolute Gasteiger partial charge is 0.367 e. The van der Waals surface area contributed by atoms with Gasteiger partial charge in [0.15, 0.2) is 0 Å². The number of benzene rings is 1. The first kappa shape index (κ1) is 16.2. The van der Waals surface area contributed by atoms with Crippen molar-refractivity contribution in [3.8, 4) is 0 Å². The van der Waals surface area contributed by atoms with E-state index < -0.39 is 11.6 Å². The standard InChI is InChI=1S/C17H26F2N2/c1-12-7-14(20-11-17(2,3)4)10-21(9-12)16-6-5-13(18)8-15(16)19/h5-6,8,12,14,20H,7,9-11H2,1-4H3. The minimum atomic E-state index is -0.524. The van der Waals surface area contributed by atoms with Gasteiger partial charge in [-0.2, -0.15) is 0 Å². The Balaban J connectivity index is 2.06. The normalized spacial score (nSPS) is 23.4. The minimum Gasteiger partial charge on any atom is -0.367 e. The highest BCUT2D eigenvalue weighted by Crippen LogP contribution is 2.26. The van der Waals surface area contributed by atoms with Crippen molar-refractivity contribution < 1.29 is 8.78 Å². The number of rotatable bonds is 3. The second kappa shape index (κ2) is 6.30. The van der Waals surface area contributed by atoms with Crippen molar-refractivity contribution >= 4 is 5.69 Å². The molecule has 0 aliphatic carbocycles. The Hall–Kier alpha value is -1.16. The molecule has 0 aromatic heterocycles. The lowest BCUT2D eigenvalue weighted by Gasteiger charge is -2.39. The highest BCUT2D eigenvalue weighted by atomic mass is 19.1. The summed E-state index contributed by atoms with van der Waals surface area (Å²) in [4.78, 5) is 2.03. The number of hydrogen-bond donors (Lipinski definition) is 1. The average molecular weight is 296 g/mol. The summed E-state index contributed by atoms with van der Waals surface area (Å²) < 4.78 is 27.0. The maximum atomic E-state index is 14.0. The molecule has 4 heteroatoms. The third kappa shape index (κ3) is 4.67. The van der Waals surface area contributed by atoms with Gasteiger partial charge in [-0.25, -0.2) is 8.78 Å². The zero-order valence-corrected chi connectivity index (χ0v) is 13.4. The van der Waals surface area contributed by atoms with E-state index in [2.05, 4.69) is 33.0 Å². The molecule has 2 atom stereocenters. The van der Waals surface area contributed by atoms with Gasteiger partial charge < -0.3 is 10.2 Å². The van der Waals surface area contributed by atoms with Crippen molar-refractivity contribution in [1.29, 1.82) is 0 Å². The van der Waals surface area contributed by atoms with E-state index in [0.717, 1.165) is 32.1 Å². The predicted molar refractivity (Wildman–Crippen MR) is 83.6 cm³/mol. The van der Waals surface area contributed by atoms with Gasteiger partial charge in [-0.05, 0) is 29.9 Å². The van der Waals surface area contributed by atoms with Crippen molar-refractivity contribution in [3.05, 3.63) is 29.8 Å². The summed E-state index contributed by atoms with van der Waals surface area (Å²) in [6.07, 6.45) is 1.09. The summed E-state index contributed by atoms with van der Waals surface area (Å²) >= 11 is 0. The molecule has 2 rings (SSSR count). The molecule has 0 spiro atoms. The Bertz CT molecular complexity index is 482. The van der Waals surface area contributed by atoms with Crippen molar-refractivity contribution in [1.82, 2.24) is 5.32 Å². The van der Waals surface area contributed by atoms with Gasteiger partial charge in [0.1, 0.15) is 11.6 Å². The maximum Gasteiger partial charge on any atom is 0.149 e. The Labute approximate surface area is 126 Å². The zero-order chi connectivity index (χ0) is 15.6. The molecule has 2 nitrogen and oxygen atoms in total. The summed E-state index contributed by atoms with van der Waals surface area (Å²) in [5.41, 5.74) is 0.734. The van der Waals surface area contributed by atoms with Crippen LogP contribution in [0.25, 0.3) is 0 Å². The van der Waals surface area contributed by atoms with Crippen LogP contribution in [-0.4, -0.2) is 25.7 Å². The third-order valence-electron chi connectivity index (χ3n) is 3.83. The quantitative estimate of drug-likeness (QED) is 0.912. The Morgan fingerprint density at radius 2 is 1.95 bits per heavy atom. The smallest absolute Gasteiger partial charge is 0.149 e. The Kier molecular flexibility index (Phi) is 4.87. The molecule has 1 fully saturated rings. The number of nitrogens with one attached hydrogen (secondary N) is 1. The summed E-state index contributed by atoms with van der Waals surface area (Å²) in [6, 6.07) is 4.18. The third-order valence-corrected chi connectivity index (χ3v) is 3.83. The summed E-state index contributed by atoms with van der Waals surface area (Å²) in [5.74, 6) is -0.511. The fourth-order valence-electron chi connectivity index (χ4n) is 2.88. The van der Waals surface area contributed by atoms with Crippen LogP contribution in [0, 0.1) is 23.0 Å². The molecule has 118 valence electrons. The molecule has 1 heterocycles. The van der Waals surface area contributed by atoms with Crippen LogP contribution in [0.5, 0.6) is 0 Å². The molecular weight excluding hydrogens is 270 g/mol. The highest BCUT2D eigenvalue weighted by Gasteiger charge is 2.27. The van der Waals surface area contributed by atoms with E-state index in [9.17, 15) is 8.78 Å². The van der Waals surface area contributed by atoms with E-state index in [1.807, 2.05) is 4.90 Å². The van der Waals surface area contributed by atoms with E-state index in [-0.39, 0.29) is 5.41 Å². The molecule has 0 saturated carbocycles. The van der Waals surface area contributed by atoms with Crippen molar-refractivity contribution in [2.24, 2.45) is 11.3 Å². The van der Waals surface area contributed by atoms with Crippen LogP contribution in [0.15, 0.2) is 18.2 Å². The lowest BCUT2D eigenvalue weighted by molar-refractivity contribution is 0.299. The SMILES string of the molecule is CC1CC(NCC(C)(C)C)CN(c2ccc(F)cc2F)C1. The molecule has 21 heavy (non-hydrogen) atoms.